The van der Waals surface area contributed by atoms with Crippen LogP contribution in [0.3, 0.4) is 0 Å². The fourth-order valence-electron chi connectivity index (χ4n) is 0.823. The quantitative estimate of drug-likeness (QED) is 0.727. The topological polar surface area (TPSA) is 18.5 Å². The van der Waals surface area contributed by atoms with Crippen molar-refractivity contribution in [3.63, 3.8) is 0 Å². The first-order valence-electron chi connectivity index (χ1n) is 3.83. The van der Waals surface area contributed by atoms with Gasteiger partial charge in [-0.15, -0.1) is 0 Å². The molecule has 1 aromatic rings. The Labute approximate surface area is 85.2 Å². The average molecular weight is 220 g/mol. The molecule has 0 aliphatic carbocycles. The van der Waals surface area contributed by atoms with Crippen LogP contribution in [0.4, 0.5) is 8.78 Å². The maximum absolute atomic E-state index is 12.7. The van der Waals surface area contributed by atoms with Crippen molar-refractivity contribution >= 4 is 11.8 Å². The molecular weight excluding hydrogens is 210 g/mol. The number of benzene rings is 1. The van der Waals surface area contributed by atoms with Crippen molar-refractivity contribution < 1.29 is 18.3 Å². The second kappa shape index (κ2) is 4.50. The zero-order valence-corrected chi connectivity index (χ0v) is 8.61. The van der Waals surface area contributed by atoms with Gasteiger partial charge in [-0.05, 0) is 42.3 Å². The molecule has 0 N–H and O–H groups in total. The van der Waals surface area contributed by atoms with Crippen molar-refractivity contribution in [3.05, 3.63) is 24.3 Å². The Hall–Kier alpha value is -0.970. The van der Waals surface area contributed by atoms with E-state index in [0.29, 0.717) is 17.5 Å². The van der Waals surface area contributed by atoms with Gasteiger partial charge in [0.05, 0.1) is 7.11 Å². The molecule has 0 aliphatic rings. The van der Waals surface area contributed by atoms with Gasteiger partial charge in [-0.3, -0.25) is 0 Å². The maximum Gasteiger partial charge on any atom is 0.452 e. The van der Waals surface area contributed by atoms with Gasteiger partial charge >= 0.3 is 5.44 Å². The van der Waals surface area contributed by atoms with Gasteiger partial charge in [-0.2, -0.15) is 8.78 Å². The Bertz CT molecular complexity index is 287. The normalized spacial score (nSPS) is 11.1. The van der Waals surface area contributed by atoms with Gasteiger partial charge < -0.3 is 9.47 Å². The third-order valence-corrected chi connectivity index (χ3v) is 2.09. The molecule has 0 atom stereocenters. The van der Waals surface area contributed by atoms with Crippen LogP contribution in [-0.2, 0) is 0 Å². The van der Waals surface area contributed by atoms with Crippen molar-refractivity contribution in [2.45, 2.75) is 5.44 Å². The van der Waals surface area contributed by atoms with E-state index >= 15 is 0 Å². The number of alkyl halides is 2. The van der Waals surface area contributed by atoms with Crippen LogP contribution < -0.4 is 9.47 Å². The number of ether oxygens (including phenoxy) is 2. The highest BCUT2D eigenvalue weighted by molar-refractivity contribution is 7.99. The van der Waals surface area contributed by atoms with E-state index in [-0.39, 0.29) is 5.75 Å². The van der Waals surface area contributed by atoms with Crippen molar-refractivity contribution in [2.24, 2.45) is 0 Å². The zero-order valence-electron chi connectivity index (χ0n) is 7.79. The van der Waals surface area contributed by atoms with Crippen molar-refractivity contribution in [1.29, 1.82) is 0 Å². The van der Waals surface area contributed by atoms with Crippen molar-refractivity contribution in [1.82, 2.24) is 0 Å². The van der Waals surface area contributed by atoms with Crippen LogP contribution in [0.25, 0.3) is 0 Å². The van der Waals surface area contributed by atoms with Gasteiger partial charge in [-0.25, -0.2) is 0 Å². The first-order valence-corrected chi connectivity index (χ1v) is 5.06. The number of hydrogen-bond acceptors (Lipinski definition) is 3. The molecule has 0 amide bonds. The van der Waals surface area contributed by atoms with E-state index in [2.05, 4.69) is 4.74 Å². The number of rotatable bonds is 4. The molecule has 0 aromatic heterocycles. The van der Waals surface area contributed by atoms with Gasteiger partial charge in [0.2, 0.25) is 0 Å². The lowest BCUT2D eigenvalue weighted by Gasteiger charge is -2.14. The van der Waals surface area contributed by atoms with Crippen molar-refractivity contribution in [3.8, 4) is 11.5 Å². The molecule has 0 saturated heterocycles. The lowest BCUT2D eigenvalue weighted by Crippen LogP contribution is -2.18. The Balaban J connectivity index is 2.69. The first kappa shape index (κ1) is 11.1. The molecule has 1 aromatic carbocycles. The summed E-state index contributed by atoms with van der Waals surface area (Å²) < 4.78 is 34.8. The SMILES string of the molecule is COc1ccc(OC(F)(F)SC)cc1. The van der Waals surface area contributed by atoms with Gasteiger partial charge in [0.15, 0.2) is 0 Å². The molecule has 0 unspecified atom stereocenters. The summed E-state index contributed by atoms with van der Waals surface area (Å²) in [7, 11) is 1.51. The molecule has 0 bridgehead atoms. The molecule has 2 nitrogen and oxygen atoms in total. The van der Waals surface area contributed by atoms with Crippen LogP contribution in [0.1, 0.15) is 0 Å². The number of hydrogen-bond donors (Lipinski definition) is 0. The first-order chi connectivity index (χ1) is 6.57. The second-order valence-corrected chi connectivity index (χ2v) is 3.33. The minimum absolute atomic E-state index is 0.116. The molecule has 0 radical (unpaired) electrons. The minimum Gasteiger partial charge on any atom is -0.497 e. The van der Waals surface area contributed by atoms with E-state index in [0.717, 1.165) is 0 Å². The summed E-state index contributed by atoms with van der Waals surface area (Å²) in [5.41, 5.74) is -3.19. The summed E-state index contributed by atoms with van der Waals surface area (Å²) in [6.45, 7) is 0. The second-order valence-electron chi connectivity index (χ2n) is 2.45. The Morgan fingerprint density at radius 2 is 1.64 bits per heavy atom. The summed E-state index contributed by atoms with van der Waals surface area (Å²) in [4.78, 5) is 0. The predicted octanol–water partition coefficient (Wildman–Crippen LogP) is 2.99. The molecule has 1 rings (SSSR count). The standard InChI is InChI=1S/C9H10F2O2S/c1-12-7-3-5-8(6-4-7)13-9(10,11)14-2/h3-6H,1-2H3. The van der Waals surface area contributed by atoms with Crippen LogP contribution in [-0.4, -0.2) is 18.8 Å². The summed E-state index contributed by atoms with van der Waals surface area (Å²) in [5.74, 6) is 0.718. The molecule has 0 fully saturated rings. The monoisotopic (exact) mass is 220 g/mol. The van der Waals surface area contributed by atoms with Crippen LogP contribution in [0.15, 0.2) is 24.3 Å². The van der Waals surface area contributed by atoms with E-state index in [1.165, 1.54) is 25.5 Å². The van der Waals surface area contributed by atoms with Gasteiger partial charge in [0.1, 0.15) is 11.5 Å². The lowest BCUT2D eigenvalue weighted by atomic mass is 10.3. The number of methoxy groups -OCH3 is 1. The van der Waals surface area contributed by atoms with Crippen LogP contribution in [0.5, 0.6) is 11.5 Å². The Morgan fingerprint density at radius 3 is 2.07 bits per heavy atom. The zero-order chi connectivity index (χ0) is 10.6. The summed E-state index contributed by atoms with van der Waals surface area (Å²) in [6.07, 6.45) is 1.28. The molecule has 0 aliphatic heterocycles. The molecule has 0 saturated carbocycles. The van der Waals surface area contributed by atoms with E-state index in [1.54, 1.807) is 12.1 Å². The Kier molecular flexibility index (Phi) is 3.57. The van der Waals surface area contributed by atoms with E-state index in [4.69, 9.17) is 4.74 Å². The average Bonchev–Trinajstić information content (AvgIpc) is 2.19. The van der Waals surface area contributed by atoms with Crippen molar-refractivity contribution in [2.75, 3.05) is 13.4 Å². The predicted molar refractivity (Wildman–Crippen MR) is 52.1 cm³/mol. The maximum atomic E-state index is 12.7. The molecule has 78 valence electrons. The Morgan fingerprint density at radius 1 is 1.14 bits per heavy atom. The molecule has 14 heavy (non-hydrogen) atoms. The van der Waals surface area contributed by atoms with Gasteiger partial charge in [0, 0.05) is 0 Å². The molecular formula is C9H10F2O2S. The van der Waals surface area contributed by atoms with Gasteiger partial charge in [0.25, 0.3) is 0 Å². The summed E-state index contributed by atoms with van der Waals surface area (Å²) in [5, 5.41) is 0. The summed E-state index contributed by atoms with van der Waals surface area (Å²) in [6, 6.07) is 5.99. The lowest BCUT2D eigenvalue weighted by molar-refractivity contribution is -0.0875. The molecule has 0 heterocycles. The highest BCUT2D eigenvalue weighted by atomic mass is 32.2. The van der Waals surface area contributed by atoms with E-state index in [9.17, 15) is 8.78 Å². The third-order valence-electron chi connectivity index (χ3n) is 1.53. The number of thioether (sulfide) groups is 1. The molecule has 0 spiro atoms. The largest absolute Gasteiger partial charge is 0.497 e. The minimum atomic E-state index is -3.19. The van der Waals surface area contributed by atoms with E-state index < -0.39 is 5.44 Å². The molecule has 5 heteroatoms. The smallest absolute Gasteiger partial charge is 0.452 e. The summed E-state index contributed by atoms with van der Waals surface area (Å²) >= 11 is 0.345. The highest BCUT2D eigenvalue weighted by Gasteiger charge is 2.29. The van der Waals surface area contributed by atoms with Gasteiger partial charge in [-0.1, -0.05) is 0 Å². The fourth-order valence-corrected chi connectivity index (χ4v) is 1.00. The van der Waals surface area contributed by atoms with Crippen LogP contribution >= 0.6 is 11.8 Å². The fraction of sp³-hybridized carbons (Fsp3) is 0.333. The van der Waals surface area contributed by atoms with E-state index in [1.807, 2.05) is 0 Å². The number of halogens is 2. The third kappa shape index (κ3) is 3.06. The van der Waals surface area contributed by atoms with Crippen LogP contribution in [0.2, 0.25) is 0 Å². The highest BCUT2D eigenvalue weighted by Crippen LogP contribution is 2.30. The van der Waals surface area contributed by atoms with Crippen LogP contribution in [0, 0.1) is 0 Å².